The first-order valence-corrected chi connectivity index (χ1v) is 8.27. The van der Waals surface area contributed by atoms with E-state index >= 15 is 0 Å². The van der Waals surface area contributed by atoms with E-state index < -0.39 is 0 Å². The second-order valence-corrected chi connectivity index (χ2v) is 6.80. The van der Waals surface area contributed by atoms with Crippen LogP contribution in [0, 0.1) is 0 Å². The lowest BCUT2D eigenvalue weighted by Crippen LogP contribution is -2.37. The summed E-state index contributed by atoms with van der Waals surface area (Å²) >= 11 is 0. The molecule has 1 unspecified atom stereocenters. The molecule has 1 saturated carbocycles. The monoisotopic (exact) mass is 288 g/mol. The Labute approximate surface area is 128 Å². The van der Waals surface area contributed by atoms with Gasteiger partial charge in [0.05, 0.1) is 11.4 Å². The maximum atomic E-state index is 4.83. The molecule has 2 heterocycles. The third-order valence-corrected chi connectivity index (χ3v) is 4.45. The zero-order valence-corrected chi connectivity index (χ0v) is 13.4. The Morgan fingerprint density at radius 1 is 1.24 bits per heavy atom. The summed E-state index contributed by atoms with van der Waals surface area (Å²) in [7, 11) is 4.33. The van der Waals surface area contributed by atoms with E-state index in [1.807, 2.05) is 0 Å². The molecule has 0 amide bonds. The highest BCUT2D eigenvalue weighted by Crippen LogP contribution is 2.21. The Balaban J connectivity index is 1.56. The van der Waals surface area contributed by atoms with Crippen LogP contribution in [0.2, 0.25) is 0 Å². The van der Waals surface area contributed by atoms with E-state index in [9.17, 15) is 0 Å². The van der Waals surface area contributed by atoms with E-state index in [0.29, 0.717) is 6.04 Å². The minimum atomic E-state index is 0.690. The third kappa shape index (κ3) is 4.50. The summed E-state index contributed by atoms with van der Waals surface area (Å²) in [4.78, 5) is 9.73. The molecule has 1 N–H and O–H groups in total. The van der Waals surface area contributed by atoms with Crippen molar-refractivity contribution in [2.24, 2.45) is 0 Å². The predicted molar refractivity (Wildman–Crippen MR) is 86.1 cm³/mol. The van der Waals surface area contributed by atoms with Gasteiger partial charge in [-0.15, -0.1) is 0 Å². The summed E-state index contributed by atoms with van der Waals surface area (Å²) in [5.41, 5.74) is 2.40. The Hall–Kier alpha value is -0.970. The molecule has 2 aliphatic rings. The number of nitrogens with zero attached hydrogens (tertiary/aromatic N) is 3. The Morgan fingerprint density at radius 2 is 2.05 bits per heavy atom. The number of pyridine rings is 1. The zero-order chi connectivity index (χ0) is 14.7. The van der Waals surface area contributed by atoms with Gasteiger partial charge in [0.25, 0.3) is 0 Å². The Bertz CT molecular complexity index is 456. The summed E-state index contributed by atoms with van der Waals surface area (Å²) in [6, 6.07) is 7.91. The quantitative estimate of drug-likeness (QED) is 0.830. The van der Waals surface area contributed by atoms with E-state index in [1.54, 1.807) is 0 Å². The first kappa shape index (κ1) is 14.9. The summed E-state index contributed by atoms with van der Waals surface area (Å²) in [5, 5.41) is 3.55. The van der Waals surface area contributed by atoms with Crippen LogP contribution in [0.5, 0.6) is 0 Å². The third-order valence-electron chi connectivity index (χ3n) is 4.45. The van der Waals surface area contributed by atoms with Gasteiger partial charge in [0.2, 0.25) is 0 Å². The molecule has 21 heavy (non-hydrogen) atoms. The molecule has 1 aliphatic carbocycles. The molecular formula is C17H28N4. The van der Waals surface area contributed by atoms with Crippen molar-refractivity contribution < 1.29 is 0 Å². The standard InChI is InChI=1S/C17H28N4/c1-20(2)13-17-7-4-10-21(17)12-16-6-3-5-15(19-16)11-18-14-8-9-14/h3,5-6,14,17-18H,4,7-13H2,1-2H3. The topological polar surface area (TPSA) is 31.4 Å². The van der Waals surface area contributed by atoms with Crippen LogP contribution < -0.4 is 5.32 Å². The average Bonchev–Trinajstić information content (AvgIpc) is 3.19. The molecule has 1 aliphatic heterocycles. The van der Waals surface area contributed by atoms with Crippen molar-refractivity contribution in [1.29, 1.82) is 0 Å². The highest BCUT2D eigenvalue weighted by molar-refractivity contribution is 5.12. The Kier molecular flexibility index (Phi) is 4.88. The second kappa shape index (κ2) is 6.86. The van der Waals surface area contributed by atoms with Gasteiger partial charge in [0.15, 0.2) is 0 Å². The predicted octanol–water partition coefficient (Wildman–Crippen LogP) is 1.86. The SMILES string of the molecule is CN(C)CC1CCCN1Cc1cccc(CNC2CC2)n1. The van der Waals surface area contributed by atoms with E-state index in [2.05, 4.69) is 47.4 Å². The maximum Gasteiger partial charge on any atom is 0.0547 e. The van der Waals surface area contributed by atoms with Crippen molar-refractivity contribution in [3.63, 3.8) is 0 Å². The van der Waals surface area contributed by atoms with Gasteiger partial charge in [-0.05, 0) is 58.5 Å². The van der Waals surface area contributed by atoms with Crippen LogP contribution in [0.3, 0.4) is 0 Å². The van der Waals surface area contributed by atoms with Crippen molar-refractivity contribution in [2.45, 2.75) is 50.9 Å². The van der Waals surface area contributed by atoms with Crippen molar-refractivity contribution in [1.82, 2.24) is 20.1 Å². The second-order valence-electron chi connectivity index (χ2n) is 6.80. The molecule has 4 heteroatoms. The lowest BCUT2D eigenvalue weighted by molar-refractivity contribution is 0.199. The molecular weight excluding hydrogens is 260 g/mol. The zero-order valence-electron chi connectivity index (χ0n) is 13.4. The maximum absolute atomic E-state index is 4.83. The van der Waals surface area contributed by atoms with E-state index in [0.717, 1.165) is 25.7 Å². The largest absolute Gasteiger partial charge is 0.308 e. The normalized spacial score (nSPS) is 23.1. The highest BCUT2D eigenvalue weighted by Gasteiger charge is 2.25. The molecule has 3 rings (SSSR count). The molecule has 0 radical (unpaired) electrons. The van der Waals surface area contributed by atoms with Crippen LogP contribution in [0.1, 0.15) is 37.1 Å². The molecule has 1 aromatic rings. The molecule has 1 saturated heterocycles. The number of nitrogens with one attached hydrogen (secondary N) is 1. The van der Waals surface area contributed by atoms with Crippen LogP contribution in [0.15, 0.2) is 18.2 Å². The molecule has 2 fully saturated rings. The van der Waals surface area contributed by atoms with Crippen molar-refractivity contribution >= 4 is 0 Å². The fourth-order valence-corrected chi connectivity index (χ4v) is 3.19. The van der Waals surface area contributed by atoms with Crippen LogP contribution >= 0.6 is 0 Å². The van der Waals surface area contributed by atoms with Crippen LogP contribution in [0.4, 0.5) is 0 Å². The van der Waals surface area contributed by atoms with Crippen LogP contribution in [0.25, 0.3) is 0 Å². The number of hydrogen-bond acceptors (Lipinski definition) is 4. The van der Waals surface area contributed by atoms with Crippen LogP contribution in [-0.4, -0.2) is 54.1 Å². The summed E-state index contributed by atoms with van der Waals surface area (Å²) in [5.74, 6) is 0. The number of likely N-dealkylation sites (N-methyl/N-ethyl adjacent to an activating group) is 1. The minimum absolute atomic E-state index is 0.690. The number of likely N-dealkylation sites (tertiary alicyclic amines) is 1. The fourth-order valence-electron chi connectivity index (χ4n) is 3.19. The lowest BCUT2D eigenvalue weighted by atomic mass is 10.2. The molecule has 0 bridgehead atoms. The van der Waals surface area contributed by atoms with Gasteiger partial charge in [-0.2, -0.15) is 0 Å². The number of hydrogen-bond donors (Lipinski definition) is 1. The smallest absolute Gasteiger partial charge is 0.0547 e. The number of rotatable bonds is 7. The van der Waals surface area contributed by atoms with E-state index in [-0.39, 0.29) is 0 Å². The summed E-state index contributed by atoms with van der Waals surface area (Å²) in [6.07, 6.45) is 5.31. The molecule has 0 spiro atoms. The lowest BCUT2D eigenvalue weighted by Gasteiger charge is -2.26. The average molecular weight is 288 g/mol. The molecule has 1 atom stereocenters. The summed E-state index contributed by atoms with van der Waals surface area (Å²) < 4.78 is 0. The fraction of sp³-hybridized carbons (Fsp3) is 0.706. The van der Waals surface area contributed by atoms with Gasteiger partial charge < -0.3 is 10.2 Å². The van der Waals surface area contributed by atoms with Gasteiger partial charge in [0.1, 0.15) is 0 Å². The van der Waals surface area contributed by atoms with Gasteiger partial charge >= 0.3 is 0 Å². The van der Waals surface area contributed by atoms with Gasteiger partial charge in [0, 0.05) is 31.7 Å². The Morgan fingerprint density at radius 3 is 2.81 bits per heavy atom. The molecule has 4 nitrogen and oxygen atoms in total. The summed E-state index contributed by atoms with van der Waals surface area (Å²) in [6.45, 7) is 4.28. The van der Waals surface area contributed by atoms with Crippen molar-refractivity contribution in [2.75, 3.05) is 27.2 Å². The van der Waals surface area contributed by atoms with Crippen molar-refractivity contribution in [3.8, 4) is 0 Å². The molecule has 0 aromatic carbocycles. The van der Waals surface area contributed by atoms with Crippen molar-refractivity contribution in [3.05, 3.63) is 29.6 Å². The highest BCUT2D eigenvalue weighted by atomic mass is 15.2. The van der Waals surface area contributed by atoms with E-state index in [4.69, 9.17) is 4.98 Å². The molecule has 1 aromatic heterocycles. The first-order chi connectivity index (χ1) is 10.2. The molecule has 116 valence electrons. The van der Waals surface area contributed by atoms with Gasteiger partial charge in [-0.3, -0.25) is 9.88 Å². The number of aromatic nitrogens is 1. The van der Waals surface area contributed by atoms with E-state index in [1.165, 1.54) is 43.6 Å². The van der Waals surface area contributed by atoms with Crippen LogP contribution in [-0.2, 0) is 13.1 Å². The first-order valence-electron chi connectivity index (χ1n) is 8.27. The van der Waals surface area contributed by atoms with Gasteiger partial charge in [-0.25, -0.2) is 0 Å². The minimum Gasteiger partial charge on any atom is -0.308 e. The van der Waals surface area contributed by atoms with Gasteiger partial charge in [-0.1, -0.05) is 6.07 Å².